The van der Waals surface area contributed by atoms with Gasteiger partial charge in [0.2, 0.25) is 5.91 Å². The van der Waals surface area contributed by atoms with Crippen LogP contribution in [-0.4, -0.2) is 79.8 Å². The summed E-state index contributed by atoms with van der Waals surface area (Å²) in [7, 11) is 0. The number of likely N-dealkylation sites (tertiary alicyclic amines) is 1. The lowest BCUT2D eigenvalue weighted by Gasteiger charge is -2.36. The number of thiophene rings is 1. The Bertz CT molecular complexity index is 1660. The summed E-state index contributed by atoms with van der Waals surface area (Å²) in [5, 5.41) is 10.8. The first-order chi connectivity index (χ1) is 21.0. The fourth-order valence-corrected chi connectivity index (χ4v) is 7.89. The van der Waals surface area contributed by atoms with E-state index in [0.717, 1.165) is 10.9 Å². The van der Waals surface area contributed by atoms with Crippen LogP contribution in [0.1, 0.15) is 56.4 Å². The molecule has 2 saturated heterocycles. The number of aliphatic hydroxyl groups is 1. The second-order valence-electron chi connectivity index (χ2n) is 13.9. The van der Waals surface area contributed by atoms with Crippen molar-refractivity contribution in [1.82, 2.24) is 24.7 Å². The smallest absolute Gasteiger partial charge is 0.433 e. The Hall–Kier alpha value is -3.29. The molecule has 2 aliphatic heterocycles. The van der Waals surface area contributed by atoms with Gasteiger partial charge in [0.1, 0.15) is 17.5 Å². The summed E-state index contributed by atoms with van der Waals surface area (Å²) >= 11 is 1.37. The zero-order valence-corrected chi connectivity index (χ0v) is 27.1. The Balaban J connectivity index is 1.29. The molecule has 2 amide bonds. The number of halogens is 3. The maximum Gasteiger partial charge on any atom is 0.433 e. The summed E-state index contributed by atoms with van der Waals surface area (Å²) in [6.45, 7) is 13.5. The fraction of sp³-hybridized carbons (Fsp3) is 0.562. The van der Waals surface area contributed by atoms with Crippen LogP contribution < -0.4 is 0 Å². The van der Waals surface area contributed by atoms with Crippen LogP contribution in [0.25, 0.3) is 21.3 Å². The summed E-state index contributed by atoms with van der Waals surface area (Å²) in [6, 6.07) is 4.67. The summed E-state index contributed by atoms with van der Waals surface area (Å²) in [5.41, 5.74) is 0.799. The number of hydrogen-bond donors (Lipinski definition) is 1. The third-order valence-electron chi connectivity index (χ3n) is 9.21. The Labute approximate surface area is 264 Å². The number of aromatic nitrogens is 2. The highest BCUT2D eigenvalue weighted by molar-refractivity contribution is 7.19. The molecule has 6 rings (SSSR count). The molecular weight excluding hydrogens is 607 g/mol. The Kier molecular flexibility index (Phi) is 7.68. The van der Waals surface area contributed by atoms with Crippen LogP contribution in [-0.2, 0) is 28.8 Å². The molecule has 13 heteroatoms. The molecule has 3 atom stereocenters. The molecule has 0 bridgehead atoms. The van der Waals surface area contributed by atoms with Crippen molar-refractivity contribution in [2.45, 2.75) is 72.6 Å². The van der Waals surface area contributed by atoms with E-state index >= 15 is 0 Å². The Morgan fingerprint density at radius 2 is 1.80 bits per heavy atom. The Morgan fingerprint density at radius 3 is 2.40 bits per heavy atom. The lowest BCUT2D eigenvalue weighted by atomic mass is 9.97. The number of carbonyl (C=O) groups excluding carboxylic acids is 2. The first-order valence-corrected chi connectivity index (χ1v) is 15.9. The molecule has 3 unspecified atom stereocenters. The molecule has 5 heterocycles. The number of nitrogens with zero attached hydrogens (tertiary/aromatic N) is 5. The minimum absolute atomic E-state index is 0.0724. The van der Waals surface area contributed by atoms with Gasteiger partial charge >= 0.3 is 12.3 Å². The molecule has 0 radical (unpaired) electrons. The van der Waals surface area contributed by atoms with E-state index in [1.54, 1.807) is 24.1 Å². The average Bonchev–Trinajstić information content (AvgIpc) is 3.18. The number of amides is 2. The number of aliphatic hydroxyl groups excluding tert-OH is 1. The summed E-state index contributed by atoms with van der Waals surface area (Å²) in [5.74, 6) is -0.358. The minimum atomic E-state index is -4.63. The van der Waals surface area contributed by atoms with E-state index in [2.05, 4.69) is 14.9 Å². The summed E-state index contributed by atoms with van der Waals surface area (Å²) in [6.07, 6.45) is -4.31. The first-order valence-electron chi connectivity index (χ1n) is 15.1. The second kappa shape index (κ2) is 10.9. The van der Waals surface area contributed by atoms with Crippen LogP contribution in [0, 0.1) is 24.2 Å². The molecule has 0 aromatic carbocycles. The zero-order chi connectivity index (χ0) is 32.6. The van der Waals surface area contributed by atoms with E-state index in [4.69, 9.17) is 4.74 Å². The number of fused-ring (bicyclic) bond motifs is 2. The van der Waals surface area contributed by atoms with Crippen molar-refractivity contribution in [2.24, 2.45) is 17.3 Å². The highest BCUT2D eigenvalue weighted by Gasteiger charge is 2.71. The number of aryl methyl sites for hydroxylation is 1. The predicted octanol–water partition coefficient (Wildman–Crippen LogP) is 5.67. The van der Waals surface area contributed by atoms with E-state index in [9.17, 15) is 27.9 Å². The standard InChI is InChI=1S/C32H38F3N5O4S/c1-17-21(16-38-9-11-39(12-10-38)29(43)44-30(2,3)4)20(14-23(37-17)32(33,34)35)19-7-8-36-22-13-18(45-26(19)22)15-40-27(41)24-25(28(40)42)31(24,5)6/h7-8,13-14,24-25,27,41H,9-12,15-16H2,1-6H3. The van der Waals surface area contributed by atoms with Crippen molar-refractivity contribution in [1.29, 1.82) is 0 Å². The monoisotopic (exact) mass is 645 g/mol. The van der Waals surface area contributed by atoms with Crippen LogP contribution >= 0.6 is 11.3 Å². The van der Waals surface area contributed by atoms with E-state index in [0.29, 0.717) is 59.6 Å². The third-order valence-corrected chi connectivity index (χ3v) is 10.3. The molecule has 1 saturated carbocycles. The number of piperidine rings is 1. The molecular formula is C32H38F3N5O4S. The lowest BCUT2D eigenvalue weighted by Crippen LogP contribution is -2.49. The highest BCUT2D eigenvalue weighted by Crippen LogP contribution is 2.65. The normalized spacial score (nSPS) is 23.5. The second-order valence-corrected chi connectivity index (χ2v) is 15.0. The molecule has 3 aliphatic rings. The van der Waals surface area contributed by atoms with Gasteiger partial charge in [-0.1, -0.05) is 13.8 Å². The Morgan fingerprint density at radius 1 is 1.11 bits per heavy atom. The van der Waals surface area contributed by atoms with Gasteiger partial charge in [0.25, 0.3) is 0 Å². The SMILES string of the molecule is Cc1nc(C(F)(F)F)cc(-c2ccnc3cc(CN4C(=O)C5C(C4O)C5(C)C)sc23)c1CN1CCN(C(=O)OC(C)(C)C)CC1. The molecule has 1 N–H and O–H groups in total. The molecule has 3 fully saturated rings. The van der Waals surface area contributed by atoms with Gasteiger partial charge < -0.3 is 19.6 Å². The minimum Gasteiger partial charge on any atom is -0.444 e. The van der Waals surface area contributed by atoms with E-state index in [1.807, 2.05) is 40.7 Å². The van der Waals surface area contributed by atoms with Crippen LogP contribution in [0.3, 0.4) is 0 Å². The fourth-order valence-electron chi connectivity index (χ4n) is 6.75. The van der Waals surface area contributed by atoms with Gasteiger partial charge in [-0.15, -0.1) is 11.3 Å². The predicted molar refractivity (Wildman–Crippen MR) is 163 cm³/mol. The van der Waals surface area contributed by atoms with Gasteiger partial charge in [0, 0.05) is 61.0 Å². The number of rotatable bonds is 5. The number of carbonyl (C=O) groups is 2. The van der Waals surface area contributed by atoms with Gasteiger partial charge in [0.05, 0.1) is 22.7 Å². The van der Waals surface area contributed by atoms with E-state index in [-0.39, 0.29) is 41.5 Å². The first kappa shape index (κ1) is 31.7. The maximum atomic E-state index is 14.0. The van der Waals surface area contributed by atoms with Crippen LogP contribution in [0.4, 0.5) is 18.0 Å². The molecule has 3 aromatic rings. The summed E-state index contributed by atoms with van der Waals surface area (Å²) in [4.78, 5) is 40.0. The summed E-state index contributed by atoms with van der Waals surface area (Å²) < 4.78 is 48.2. The molecule has 1 aliphatic carbocycles. The molecule has 3 aromatic heterocycles. The van der Waals surface area contributed by atoms with Gasteiger partial charge in [-0.05, 0) is 62.4 Å². The van der Waals surface area contributed by atoms with Gasteiger partial charge in [-0.25, -0.2) is 9.78 Å². The van der Waals surface area contributed by atoms with Crippen molar-refractivity contribution in [2.75, 3.05) is 26.2 Å². The molecule has 9 nitrogen and oxygen atoms in total. The van der Waals surface area contributed by atoms with Crippen molar-refractivity contribution >= 4 is 33.6 Å². The number of pyridine rings is 2. The van der Waals surface area contributed by atoms with Crippen molar-refractivity contribution in [3.8, 4) is 11.1 Å². The molecule has 0 spiro atoms. The van der Waals surface area contributed by atoms with Gasteiger partial charge in [-0.2, -0.15) is 13.2 Å². The van der Waals surface area contributed by atoms with Crippen molar-refractivity contribution in [3.05, 3.63) is 46.2 Å². The van der Waals surface area contributed by atoms with Gasteiger partial charge in [0.15, 0.2) is 0 Å². The molecule has 45 heavy (non-hydrogen) atoms. The maximum absolute atomic E-state index is 14.0. The number of alkyl halides is 3. The third kappa shape index (κ3) is 5.90. The van der Waals surface area contributed by atoms with E-state index in [1.165, 1.54) is 16.2 Å². The number of hydrogen-bond acceptors (Lipinski definition) is 8. The quantitative estimate of drug-likeness (QED) is 0.382. The van der Waals surface area contributed by atoms with Crippen LogP contribution in [0.15, 0.2) is 24.4 Å². The largest absolute Gasteiger partial charge is 0.444 e. The van der Waals surface area contributed by atoms with Crippen LogP contribution in [0.5, 0.6) is 0 Å². The average molecular weight is 646 g/mol. The van der Waals surface area contributed by atoms with Gasteiger partial charge in [-0.3, -0.25) is 14.7 Å². The lowest BCUT2D eigenvalue weighted by molar-refractivity contribution is -0.141. The molecule has 242 valence electrons. The highest BCUT2D eigenvalue weighted by atomic mass is 32.1. The zero-order valence-electron chi connectivity index (χ0n) is 26.2. The number of piperazine rings is 1. The van der Waals surface area contributed by atoms with E-state index < -0.39 is 23.7 Å². The van der Waals surface area contributed by atoms with Crippen molar-refractivity contribution in [3.63, 3.8) is 0 Å². The van der Waals surface area contributed by atoms with Crippen LogP contribution in [0.2, 0.25) is 0 Å². The topological polar surface area (TPSA) is 99.1 Å². The number of ether oxygens (including phenoxy) is 1. The van der Waals surface area contributed by atoms with Crippen molar-refractivity contribution < 1.29 is 32.6 Å².